The number of hydrogen-bond acceptors (Lipinski definition) is 4. The van der Waals surface area contributed by atoms with Gasteiger partial charge < -0.3 is 9.64 Å². The number of pyridine rings is 2. The van der Waals surface area contributed by atoms with Gasteiger partial charge in [-0.25, -0.2) is 18.7 Å². The molecule has 0 aliphatic carbocycles. The highest BCUT2D eigenvalue weighted by Gasteiger charge is 2.29. The van der Waals surface area contributed by atoms with Crippen molar-refractivity contribution in [2.24, 2.45) is 0 Å². The quantitative estimate of drug-likeness (QED) is 0.680. The van der Waals surface area contributed by atoms with Gasteiger partial charge in [0.1, 0.15) is 10.2 Å². The number of halogens is 4. The zero-order chi connectivity index (χ0) is 18.1. The molecule has 1 aliphatic rings. The van der Waals surface area contributed by atoms with Gasteiger partial charge in [-0.1, -0.05) is 29.8 Å². The molecule has 0 amide bonds. The van der Waals surface area contributed by atoms with Crippen LogP contribution in [0.1, 0.15) is 29.7 Å². The fourth-order valence-electron chi connectivity index (χ4n) is 2.78. The summed E-state index contributed by atoms with van der Waals surface area (Å²) in [5.74, 6) is -0.00584. The Hall–Kier alpha value is -1.92. The highest BCUT2D eigenvalue weighted by molar-refractivity contribution is 6.32. The highest BCUT2D eigenvalue weighted by Crippen LogP contribution is 2.40. The summed E-state index contributed by atoms with van der Waals surface area (Å²) < 4.78 is 29.4. The van der Waals surface area contributed by atoms with E-state index in [0.29, 0.717) is 11.7 Å². The van der Waals surface area contributed by atoms with Crippen LogP contribution in [0.5, 0.6) is 5.88 Å². The number of hydrogen-bond donors (Lipinski definition) is 0. The lowest BCUT2D eigenvalue weighted by Crippen LogP contribution is -2.20. The van der Waals surface area contributed by atoms with Gasteiger partial charge in [-0.05, 0) is 24.6 Å². The minimum atomic E-state index is -2.58. The van der Waals surface area contributed by atoms with Gasteiger partial charge >= 0.3 is 0 Å². The topological polar surface area (TPSA) is 38.2 Å². The van der Waals surface area contributed by atoms with Gasteiger partial charge in [-0.3, -0.25) is 0 Å². The van der Waals surface area contributed by atoms with Crippen LogP contribution in [-0.2, 0) is 6.54 Å². The lowest BCUT2D eigenvalue weighted by Gasteiger charge is -2.27. The van der Waals surface area contributed by atoms with Crippen molar-refractivity contribution in [1.82, 2.24) is 14.9 Å². The largest absolute Gasteiger partial charge is 0.471 e. The highest BCUT2D eigenvalue weighted by atomic mass is 35.5. The van der Waals surface area contributed by atoms with Crippen molar-refractivity contribution in [2.75, 3.05) is 6.61 Å². The van der Waals surface area contributed by atoms with E-state index in [9.17, 15) is 8.78 Å². The van der Waals surface area contributed by atoms with Gasteiger partial charge in [-0.15, -0.1) is 0 Å². The maximum atomic E-state index is 12.2. The molecule has 3 rings (SSSR count). The van der Waals surface area contributed by atoms with Crippen LogP contribution in [0.3, 0.4) is 0 Å². The SMILES string of the molecule is C=C1c2ccnc(Cl)c2CN1C(C)c1cnc(OCC(F)F)c(Cl)c1. The minimum absolute atomic E-state index is 0.00584. The van der Waals surface area contributed by atoms with Crippen LogP contribution < -0.4 is 4.74 Å². The number of rotatable bonds is 5. The standard InChI is InChI=1S/C17H15Cl2F2N3O/c1-9(11-5-14(18)17(23-6-11)25-8-15(20)21)24-7-13-12(10(24)2)3-4-22-16(13)19/h3-6,9,15H,2,7-8H2,1H3. The second kappa shape index (κ2) is 7.14. The molecule has 0 saturated carbocycles. The Morgan fingerprint density at radius 1 is 1.36 bits per heavy atom. The van der Waals surface area contributed by atoms with E-state index in [0.717, 1.165) is 22.4 Å². The number of aromatic nitrogens is 2. The minimum Gasteiger partial charge on any atom is -0.471 e. The molecule has 3 heterocycles. The number of ether oxygens (including phenoxy) is 1. The molecule has 0 saturated heterocycles. The van der Waals surface area contributed by atoms with Crippen molar-refractivity contribution < 1.29 is 13.5 Å². The third kappa shape index (κ3) is 3.55. The van der Waals surface area contributed by atoms with E-state index in [2.05, 4.69) is 21.4 Å². The molecule has 0 aromatic carbocycles. The molecule has 0 fully saturated rings. The first-order valence-electron chi connectivity index (χ1n) is 7.54. The fourth-order valence-corrected chi connectivity index (χ4v) is 3.22. The fraction of sp³-hybridized carbons (Fsp3) is 0.294. The van der Waals surface area contributed by atoms with E-state index >= 15 is 0 Å². The first-order chi connectivity index (χ1) is 11.9. The molecular formula is C17H15Cl2F2N3O. The van der Waals surface area contributed by atoms with Crippen LogP contribution in [-0.4, -0.2) is 27.9 Å². The molecule has 1 aliphatic heterocycles. The predicted octanol–water partition coefficient (Wildman–Crippen LogP) is 4.97. The third-order valence-electron chi connectivity index (χ3n) is 4.11. The van der Waals surface area contributed by atoms with Crippen molar-refractivity contribution >= 4 is 28.9 Å². The van der Waals surface area contributed by atoms with Crippen LogP contribution >= 0.6 is 23.2 Å². The van der Waals surface area contributed by atoms with Crippen molar-refractivity contribution in [3.8, 4) is 5.88 Å². The summed E-state index contributed by atoms with van der Waals surface area (Å²) >= 11 is 12.3. The van der Waals surface area contributed by atoms with Crippen molar-refractivity contribution in [3.63, 3.8) is 0 Å². The third-order valence-corrected chi connectivity index (χ3v) is 4.71. The van der Waals surface area contributed by atoms with Gasteiger partial charge in [0, 0.05) is 35.8 Å². The monoisotopic (exact) mass is 385 g/mol. The Balaban J connectivity index is 1.80. The first kappa shape index (κ1) is 17.9. The Morgan fingerprint density at radius 2 is 2.12 bits per heavy atom. The summed E-state index contributed by atoms with van der Waals surface area (Å²) in [5, 5.41) is 0.646. The molecule has 2 aromatic rings. The lowest BCUT2D eigenvalue weighted by atomic mass is 10.1. The molecule has 4 nitrogen and oxygen atoms in total. The van der Waals surface area contributed by atoms with E-state index in [1.807, 2.05) is 13.0 Å². The Kier molecular flexibility index (Phi) is 5.11. The van der Waals surface area contributed by atoms with Crippen molar-refractivity contribution in [2.45, 2.75) is 25.9 Å². The summed E-state index contributed by atoms with van der Waals surface area (Å²) in [6.45, 7) is 5.94. The molecule has 132 valence electrons. The van der Waals surface area contributed by atoms with Crippen LogP contribution in [0.25, 0.3) is 5.70 Å². The molecule has 0 N–H and O–H groups in total. The predicted molar refractivity (Wildman–Crippen MR) is 93.0 cm³/mol. The molecule has 25 heavy (non-hydrogen) atoms. The van der Waals surface area contributed by atoms with Crippen LogP contribution in [0.2, 0.25) is 10.2 Å². The second-order valence-electron chi connectivity index (χ2n) is 5.64. The number of nitrogens with zero attached hydrogens (tertiary/aromatic N) is 3. The Labute approximate surface area is 154 Å². The molecule has 1 atom stereocenters. The van der Waals surface area contributed by atoms with Crippen LogP contribution in [0, 0.1) is 0 Å². The van der Waals surface area contributed by atoms with E-state index in [1.165, 1.54) is 0 Å². The normalized spacial score (nSPS) is 14.8. The van der Waals surface area contributed by atoms with E-state index in [1.54, 1.807) is 18.5 Å². The molecule has 0 bridgehead atoms. The average Bonchev–Trinajstić information content (AvgIpc) is 2.91. The summed E-state index contributed by atoms with van der Waals surface area (Å²) in [5.41, 5.74) is 3.54. The summed E-state index contributed by atoms with van der Waals surface area (Å²) in [7, 11) is 0. The molecule has 1 unspecified atom stereocenters. The zero-order valence-electron chi connectivity index (χ0n) is 13.3. The average molecular weight is 386 g/mol. The zero-order valence-corrected chi connectivity index (χ0v) is 14.9. The van der Waals surface area contributed by atoms with Crippen LogP contribution in [0.15, 0.2) is 31.1 Å². The maximum Gasteiger partial charge on any atom is 0.272 e. The van der Waals surface area contributed by atoms with E-state index in [4.69, 9.17) is 27.9 Å². The summed E-state index contributed by atoms with van der Waals surface area (Å²) in [6.07, 6.45) is 0.628. The number of fused-ring (bicyclic) bond motifs is 1. The summed E-state index contributed by atoms with van der Waals surface area (Å²) in [6, 6.07) is 3.45. The van der Waals surface area contributed by atoms with Crippen molar-refractivity contribution in [1.29, 1.82) is 0 Å². The molecular weight excluding hydrogens is 371 g/mol. The van der Waals surface area contributed by atoms with E-state index < -0.39 is 13.0 Å². The maximum absolute atomic E-state index is 12.2. The smallest absolute Gasteiger partial charge is 0.272 e. The first-order valence-corrected chi connectivity index (χ1v) is 8.29. The van der Waals surface area contributed by atoms with Gasteiger partial charge in [0.15, 0.2) is 6.61 Å². The Bertz CT molecular complexity index is 816. The van der Waals surface area contributed by atoms with Crippen LogP contribution in [0.4, 0.5) is 8.78 Å². The van der Waals surface area contributed by atoms with Gasteiger partial charge in [0.05, 0.1) is 6.04 Å². The molecule has 8 heteroatoms. The summed E-state index contributed by atoms with van der Waals surface area (Å²) in [4.78, 5) is 10.2. The molecule has 2 aromatic heterocycles. The van der Waals surface area contributed by atoms with Gasteiger partial charge in [0.2, 0.25) is 5.88 Å². The van der Waals surface area contributed by atoms with Gasteiger partial charge in [-0.2, -0.15) is 0 Å². The second-order valence-corrected chi connectivity index (χ2v) is 6.40. The number of alkyl halides is 2. The Morgan fingerprint density at radius 3 is 2.76 bits per heavy atom. The lowest BCUT2D eigenvalue weighted by molar-refractivity contribution is 0.0796. The molecule has 0 spiro atoms. The van der Waals surface area contributed by atoms with Crippen molar-refractivity contribution in [3.05, 3.63) is 58.0 Å². The molecule has 0 radical (unpaired) electrons. The van der Waals surface area contributed by atoms with Gasteiger partial charge in [0.25, 0.3) is 6.43 Å². The van der Waals surface area contributed by atoms with E-state index in [-0.39, 0.29) is 16.9 Å².